The van der Waals surface area contributed by atoms with Crippen LogP contribution >= 0.6 is 15.9 Å². The Kier molecular flexibility index (Phi) is 6.87. The minimum Gasteiger partial charge on any atom is -0.481 e. The summed E-state index contributed by atoms with van der Waals surface area (Å²) in [5.74, 6) is -1.43. The molecule has 0 spiro atoms. The molecule has 0 bridgehead atoms. The van der Waals surface area contributed by atoms with Crippen LogP contribution < -0.4 is 5.32 Å². The zero-order chi connectivity index (χ0) is 15.8. The molecular weight excluding hydrogens is 340 g/mol. The molecule has 0 fully saturated rings. The summed E-state index contributed by atoms with van der Waals surface area (Å²) < 4.78 is 0.887. The number of aliphatic carboxylic acids is 1. The van der Waals surface area contributed by atoms with Gasteiger partial charge in [-0.1, -0.05) is 34.1 Å². The van der Waals surface area contributed by atoms with Gasteiger partial charge in [0, 0.05) is 30.9 Å². The van der Waals surface area contributed by atoms with E-state index >= 15 is 0 Å². The van der Waals surface area contributed by atoms with E-state index in [1.54, 1.807) is 7.05 Å². The maximum absolute atomic E-state index is 11.8. The van der Waals surface area contributed by atoms with Crippen molar-refractivity contribution in [3.05, 3.63) is 34.3 Å². The summed E-state index contributed by atoms with van der Waals surface area (Å²) in [5.41, 5.74) is 0.925. The van der Waals surface area contributed by atoms with E-state index in [0.717, 1.165) is 10.0 Å². The van der Waals surface area contributed by atoms with Gasteiger partial charge in [-0.3, -0.25) is 14.9 Å². The molecule has 0 saturated carbocycles. The number of amides is 3. The lowest BCUT2D eigenvalue weighted by molar-refractivity contribution is -0.137. The predicted molar refractivity (Wildman–Crippen MR) is 80.6 cm³/mol. The molecule has 7 heteroatoms. The summed E-state index contributed by atoms with van der Waals surface area (Å²) in [4.78, 5) is 35.0. The quantitative estimate of drug-likeness (QED) is 0.818. The number of hydrogen-bond donors (Lipinski definition) is 2. The number of imide groups is 1. The van der Waals surface area contributed by atoms with E-state index in [1.807, 2.05) is 24.3 Å². The predicted octanol–water partition coefficient (Wildman–Crippen LogP) is 2.37. The average molecular weight is 357 g/mol. The number of carbonyl (C=O) groups excluding carboxylic acids is 2. The fraction of sp³-hybridized carbons (Fsp3) is 0.357. The van der Waals surface area contributed by atoms with E-state index < -0.39 is 17.9 Å². The summed E-state index contributed by atoms with van der Waals surface area (Å²) >= 11 is 3.39. The summed E-state index contributed by atoms with van der Waals surface area (Å²) in [7, 11) is 1.58. The summed E-state index contributed by atoms with van der Waals surface area (Å²) in [6.45, 7) is 0.357. The van der Waals surface area contributed by atoms with Crippen LogP contribution in [-0.2, 0) is 16.1 Å². The third kappa shape index (κ3) is 6.40. The van der Waals surface area contributed by atoms with Crippen LogP contribution in [0.2, 0.25) is 0 Å². The fourth-order valence-corrected chi connectivity index (χ4v) is 2.04. The molecule has 0 aliphatic carbocycles. The van der Waals surface area contributed by atoms with Crippen LogP contribution in [0.3, 0.4) is 0 Å². The van der Waals surface area contributed by atoms with Crippen LogP contribution in [0.5, 0.6) is 0 Å². The average Bonchev–Trinajstić information content (AvgIpc) is 2.40. The molecular formula is C14H17BrN2O4. The number of halogens is 1. The molecule has 0 aliphatic rings. The van der Waals surface area contributed by atoms with E-state index in [1.165, 1.54) is 4.90 Å². The highest BCUT2D eigenvalue weighted by atomic mass is 79.9. The number of carbonyl (C=O) groups is 3. The first-order valence-electron chi connectivity index (χ1n) is 6.40. The second kappa shape index (κ2) is 8.41. The third-order valence-corrected chi connectivity index (χ3v) is 3.53. The van der Waals surface area contributed by atoms with Gasteiger partial charge in [-0.25, -0.2) is 4.79 Å². The Morgan fingerprint density at radius 2 is 1.90 bits per heavy atom. The molecule has 0 unspecified atom stereocenters. The van der Waals surface area contributed by atoms with E-state index in [0.29, 0.717) is 6.54 Å². The van der Waals surface area contributed by atoms with Crippen molar-refractivity contribution < 1.29 is 19.5 Å². The molecule has 0 aliphatic heterocycles. The minimum atomic E-state index is -0.958. The van der Waals surface area contributed by atoms with Crippen molar-refractivity contribution in [2.75, 3.05) is 7.05 Å². The highest BCUT2D eigenvalue weighted by molar-refractivity contribution is 9.10. The summed E-state index contributed by atoms with van der Waals surface area (Å²) in [5, 5.41) is 10.7. The summed E-state index contributed by atoms with van der Waals surface area (Å²) in [6, 6.07) is 6.98. The molecule has 3 amide bonds. The number of nitrogens with one attached hydrogen (secondary N) is 1. The van der Waals surface area contributed by atoms with Gasteiger partial charge in [0.1, 0.15) is 0 Å². The molecule has 0 heterocycles. The molecule has 1 aromatic rings. The molecule has 0 aromatic heterocycles. The number of carboxylic acids is 1. The number of urea groups is 1. The first-order chi connectivity index (χ1) is 9.90. The van der Waals surface area contributed by atoms with E-state index in [-0.39, 0.29) is 19.3 Å². The highest BCUT2D eigenvalue weighted by Crippen LogP contribution is 2.17. The SMILES string of the molecule is CN(Cc1ccccc1Br)C(=O)NC(=O)CCCC(=O)O. The van der Waals surface area contributed by atoms with Crippen LogP contribution in [0.15, 0.2) is 28.7 Å². The Hall–Kier alpha value is -1.89. The molecule has 1 rings (SSSR count). The number of rotatable bonds is 6. The fourth-order valence-electron chi connectivity index (χ4n) is 1.63. The molecule has 114 valence electrons. The molecule has 6 nitrogen and oxygen atoms in total. The van der Waals surface area contributed by atoms with Gasteiger partial charge in [-0.05, 0) is 18.1 Å². The molecule has 0 saturated heterocycles. The molecule has 0 atom stereocenters. The second-order valence-electron chi connectivity index (χ2n) is 4.55. The molecule has 2 N–H and O–H groups in total. The van der Waals surface area contributed by atoms with Gasteiger partial charge in [0.15, 0.2) is 0 Å². The topological polar surface area (TPSA) is 86.7 Å². The van der Waals surface area contributed by atoms with Crippen molar-refractivity contribution in [2.45, 2.75) is 25.8 Å². The smallest absolute Gasteiger partial charge is 0.324 e. The van der Waals surface area contributed by atoms with Crippen molar-refractivity contribution >= 4 is 33.8 Å². The maximum Gasteiger partial charge on any atom is 0.324 e. The van der Waals surface area contributed by atoms with Crippen molar-refractivity contribution in [3.63, 3.8) is 0 Å². The van der Waals surface area contributed by atoms with Crippen molar-refractivity contribution in [1.29, 1.82) is 0 Å². The number of hydrogen-bond acceptors (Lipinski definition) is 3. The largest absolute Gasteiger partial charge is 0.481 e. The molecule has 21 heavy (non-hydrogen) atoms. The second-order valence-corrected chi connectivity index (χ2v) is 5.40. The lowest BCUT2D eigenvalue weighted by Gasteiger charge is -2.18. The van der Waals surface area contributed by atoms with Gasteiger partial charge in [0.2, 0.25) is 5.91 Å². The number of benzene rings is 1. The van der Waals surface area contributed by atoms with Crippen molar-refractivity contribution in [1.82, 2.24) is 10.2 Å². The number of carboxylic acid groups (broad SMARTS) is 1. The van der Waals surface area contributed by atoms with Gasteiger partial charge in [-0.2, -0.15) is 0 Å². The first-order valence-corrected chi connectivity index (χ1v) is 7.19. The van der Waals surface area contributed by atoms with Gasteiger partial charge < -0.3 is 10.0 Å². The zero-order valence-corrected chi connectivity index (χ0v) is 13.2. The van der Waals surface area contributed by atoms with Crippen LogP contribution in [0.4, 0.5) is 4.79 Å². The third-order valence-electron chi connectivity index (χ3n) is 2.75. The monoisotopic (exact) mass is 356 g/mol. The maximum atomic E-state index is 11.8. The Bertz CT molecular complexity index is 533. The Morgan fingerprint density at radius 1 is 1.24 bits per heavy atom. The van der Waals surface area contributed by atoms with Gasteiger partial charge >= 0.3 is 12.0 Å². The zero-order valence-electron chi connectivity index (χ0n) is 11.6. The standard InChI is InChI=1S/C14H17BrN2O4/c1-17(9-10-5-2-3-6-11(10)15)14(21)16-12(18)7-4-8-13(19)20/h2-3,5-6H,4,7-9H2,1H3,(H,19,20)(H,16,18,21). The van der Waals surface area contributed by atoms with Crippen LogP contribution in [-0.4, -0.2) is 35.0 Å². The normalized spacial score (nSPS) is 10.0. The van der Waals surface area contributed by atoms with Crippen molar-refractivity contribution in [3.8, 4) is 0 Å². The summed E-state index contributed by atoms with van der Waals surface area (Å²) in [6.07, 6.45) is 0.137. The number of nitrogens with zero attached hydrogens (tertiary/aromatic N) is 1. The van der Waals surface area contributed by atoms with E-state index in [4.69, 9.17) is 5.11 Å². The first kappa shape index (κ1) is 17.2. The van der Waals surface area contributed by atoms with Crippen LogP contribution in [0.25, 0.3) is 0 Å². The van der Waals surface area contributed by atoms with Gasteiger partial charge in [0.25, 0.3) is 0 Å². The van der Waals surface area contributed by atoms with Crippen molar-refractivity contribution in [2.24, 2.45) is 0 Å². The minimum absolute atomic E-state index is 0.0148. The Balaban J connectivity index is 2.42. The van der Waals surface area contributed by atoms with Crippen LogP contribution in [0, 0.1) is 0 Å². The Morgan fingerprint density at radius 3 is 2.52 bits per heavy atom. The highest BCUT2D eigenvalue weighted by Gasteiger charge is 2.14. The molecule has 0 radical (unpaired) electrons. The Labute approximate surface area is 131 Å². The van der Waals surface area contributed by atoms with E-state index in [2.05, 4.69) is 21.2 Å². The lowest BCUT2D eigenvalue weighted by Crippen LogP contribution is -2.40. The van der Waals surface area contributed by atoms with Crippen LogP contribution in [0.1, 0.15) is 24.8 Å². The van der Waals surface area contributed by atoms with Gasteiger partial charge in [0.05, 0.1) is 0 Å². The van der Waals surface area contributed by atoms with E-state index in [9.17, 15) is 14.4 Å². The lowest BCUT2D eigenvalue weighted by atomic mass is 10.2. The molecule has 1 aromatic carbocycles. The van der Waals surface area contributed by atoms with Gasteiger partial charge in [-0.15, -0.1) is 0 Å².